The van der Waals surface area contributed by atoms with Gasteiger partial charge in [-0.15, -0.1) is 0 Å². The molecule has 0 atom stereocenters. The molecule has 2 heterocycles. The highest BCUT2D eigenvalue weighted by Gasteiger charge is 2.40. The van der Waals surface area contributed by atoms with Crippen molar-refractivity contribution in [2.45, 2.75) is 44.6 Å². The molecule has 170 valence electrons. The zero-order valence-corrected chi connectivity index (χ0v) is 19.1. The quantitative estimate of drug-likeness (QED) is 0.363. The lowest BCUT2D eigenvalue weighted by Crippen LogP contribution is -2.50. The molecular formula is C28H26N4O2. The van der Waals surface area contributed by atoms with E-state index in [0.29, 0.717) is 0 Å². The summed E-state index contributed by atoms with van der Waals surface area (Å²) in [7, 11) is 0. The fourth-order valence-electron chi connectivity index (χ4n) is 5.36. The van der Waals surface area contributed by atoms with Crippen molar-refractivity contribution in [3.05, 3.63) is 83.4 Å². The predicted molar refractivity (Wildman–Crippen MR) is 132 cm³/mol. The smallest absolute Gasteiger partial charge is 0.405 e. The molecule has 2 aromatic carbocycles. The van der Waals surface area contributed by atoms with E-state index in [1.165, 1.54) is 5.69 Å². The maximum atomic E-state index is 11.4. The maximum absolute atomic E-state index is 11.4. The number of carbonyl (C=O) groups is 1. The first-order valence-corrected chi connectivity index (χ1v) is 11.8. The molecule has 0 aliphatic heterocycles. The van der Waals surface area contributed by atoms with Crippen LogP contribution in [0.4, 0.5) is 4.79 Å². The fourth-order valence-corrected chi connectivity index (χ4v) is 5.36. The van der Waals surface area contributed by atoms with Crippen LogP contribution in [0, 0.1) is 6.92 Å². The molecule has 0 unspecified atom stereocenters. The third-order valence-electron chi connectivity index (χ3n) is 7.21. The molecule has 1 saturated carbocycles. The van der Waals surface area contributed by atoms with Gasteiger partial charge >= 0.3 is 6.09 Å². The summed E-state index contributed by atoms with van der Waals surface area (Å²) >= 11 is 0. The van der Waals surface area contributed by atoms with Crippen LogP contribution in [0.15, 0.2) is 60.7 Å². The number of nitrogens with zero attached hydrogens (tertiary/aromatic N) is 2. The molecule has 0 bridgehead atoms. The van der Waals surface area contributed by atoms with Crippen LogP contribution in [0.25, 0.3) is 33.6 Å². The summed E-state index contributed by atoms with van der Waals surface area (Å²) < 4.78 is 0. The van der Waals surface area contributed by atoms with Crippen molar-refractivity contribution in [3.8, 4) is 33.6 Å². The third-order valence-corrected chi connectivity index (χ3v) is 7.21. The van der Waals surface area contributed by atoms with Gasteiger partial charge in [0.25, 0.3) is 0 Å². The second kappa shape index (κ2) is 7.83. The third kappa shape index (κ3) is 3.37. The number of rotatable bonds is 4. The van der Waals surface area contributed by atoms with Gasteiger partial charge < -0.3 is 15.4 Å². The number of benzene rings is 2. The molecular weight excluding hydrogens is 424 g/mol. The fraction of sp³-hybridized carbons (Fsp3) is 0.250. The van der Waals surface area contributed by atoms with Gasteiger partial charge in [0, 0.05) is 22.4 Å². The van der Waals surface area contributed by atoms with Gasteiger partial charge in [-0.05, 0) is 56.2 Å². The molecule has 2 aromatic heterocycles. The van der Waals surface area contributed by atoms with Crippen LogP contribution in [0.5, 0.6) is 0 Å². The molecule has 1 amide bonds. The van der Waals surface area contributed by atoms with Crippen LogP contribution < -0.4 is 5.32 Å². The summed E-state index contributed by atoms with van der Waals surface area (Å²) in [6, 6.07) is 20.8. The number of carboxylic acid groups (broad SMARTS) is 1. The minimum absolute atomic E-state index is 0.468. The van der Waals surface area contributed by atoms with Gasteiger partial charge in [-0.1, -0.05) is 54.6 Å². The largest absolute Gasteiger partial charge is 0.465 e. The summed E-state index contributed by atoms with van der Waals surface area (Å²) in [5.41, 5.74) is 9.06. The number of hydrogen-bond acceptors (Lipinski definition) is 3. The van der Waals surface area contributed by atoms with Gasteiger partial charge in [0.05, 0.1) is 22.6 Å². The molecule has 2 aliphatic carbocycles. The molecule has 6 rings (SSSR count). The van der Waals surface area contributed by atoms with E-state index in [-0.39, 0.29) is 0 Å². The second-order valence-corrected chi connectivity index (χ2v) is 9.34. The Balaban J connectivity index is 1.47. The number of fused-ring (bicyclic) bond motifs is 3. The van der Waals surface area contributed by atoms with Crippen molar-refractivity contribution in [2.24, 2.45) is 0 Å². The molecule has 6 heteroatoms. The normalized spacial score (nSPS) is 15.7. The number of nitrogens with one attached hydrogen (secondary N) is 2. The topological polar surface area (TPSA) is 90.9 Å². The highest BCUT2D eigenvalue weighted by Crippen LogP contribution is 2.43. The first kappa shape index (κ1) is 20.7. The Labute approximate surface area is 198 Å². The number of aromatic amines is 1. The van der Waals surface area contributed by atoms with E-state index in [0.717, 1.165) is 82.8 Å². The summed E-state index contributed by atoms with van der Waals surface area (Å²) in [6.07, 6.45) is 3.49. The van der Waals surface area contributed by atoms with E-state index in [1.54, 1.807) is 0 Å². The van der Waals surface area contributed by atoms with Crippen LogP contribution in [0.3, 0.4) is 0 Å². The number of amides is 1. The average Bonchev–Trinajstić information content (AvgIpc) is 3.22. The number of imidazole rings is 1. The van der Waals surface area contributed by atoms with Crippen molar-refractivity contribution in [1.29, 1.82) is 0 Å². The minimum atomic E-state index is -0.973. The monoisotopic (exact) mass is 450 g/mol. The lowest BCUT2D eigenvalue weighted by atomic mass is 9.71. The van der Waals surface area contributed by atoms with Crippen molar-refractivity contribution in [1.82, 2.24) is 20.3 Å². The van der Waals surface area contributed by atoms with E-state index in [2.05, 4.69) is 52.8 Å². The summed E-state index contributed by atoms with van der Waals surface area (Å²) in [5.74, 6) is 0.929. The SMILES string of the molecule is Cc1nc2c([nH]1)CCc1nc(-c3ccc(C4(NC(=O)O)CCC4)cc3)c(-c3ccccc3)cc1-2. The Kier molecular flexibility index (Phi) is 4.76. The van der Waals surface area contributed by atoms with Crippen molar-refractivity contribution in [3.63, 3.8) is 0 Å². The zero-order valence-electron chi connectivity index (χ0n) is 19.1. The van der Waals surface area contributed by atoms with Crippen LogP contribution in [-0.2, 0) is 18.4 Å². The zero-order chi connectivity index (χ0) is 23.3. The number of aromatic nitrogens is 3. The molecule has 0 saturated heterocycles. The highest BCUT2D eigenvalue weighted by atomic mass is 16.4. The van der Waals surface area contributed by atoms with Gasteiger partial charge in [-0.3, -0.25) is 4.98 Å². The van der Waals surface area contributed by atoms with Crippen LogP contribution in [0.2, 0.25) is 0 Å². The predicted octanol–water partition coefficient (Wildman–Crippen LogP) is 5.86. The minimum Gasteiger partial charge on any atom is -0.465 e. The molecule has 34 heavy (non-hydrogen) atoms. The second-order valence-electron chi connectivity index (χ2n) is 9.34. The van der Waals surface area contributed by atoms with Gasteiger partial charge in [0.2, 0.25) is 0 Å². The summed E-state index contributed by atoms with van der Waals surface area (Å²) in [4.78, 5) is 24.7. The number of hydrogen-bond donors (Lipinski definition) is 3. The van der Waals surface area contributed by atoms with E-state index in [9.17, 15) is 9.90 Å². The first-order valence-electron chi connectivity index (χ1n) is 11.8. The Morgan fingerprint density at radius 1 is 0.941 bits per heavy atom. The van der Waals surface area contributed by atoms with Crippen LogP contribution in [-0.4, -0.2) is 26.2 Å². The number of pyridine rings is 1. The first-order chi connectivity index (χ1) is 16.5. The Morgan fingerprint density at radius 2 is 1.71 bits per heavy atom. The number of H-pyrrole nitrogens is 1. The van der Waals surface area contributed by atoms with Gasteiger partial charge in [0.1, 0.15) is 5.82 Å². The summed E-state index contributed by atoms with van der Waals surface area (Å²) in [6.45, 7) is 1.99. The molecule has 3 N–H and O–H groups in total. The van der Waals surface area contributed by atoms with E-state index in [1.807, 2.05) is 25.1 Å². The van der Waals surface area contributed by atoms with E-state index < -0.39 is 11.6 Å². The molecule has 0 radical (unpaired) electrons. The Morgan fingerprint density at radius 3 is 2.38 bits per heavy atom. The molecule has 2 aliphatic rings. The van der Waals surface area contributed by atoms with E-state index in [4.69, 9.17) is 9.97 Å². The lowest BCUT2D eigenvalue weighted by Gasteiger charge is -2.42. The van der Waals surface area contributed by atoms with Crippen LogP contribution in [0.1, 0.15) is 42.0 Å². The molecule has 0 spiro atoms. The summed E-state index contributed by atoms with van der Waals surface area (Å²) in [5, 5.41) is 12.1. The average molecular weight is 451 g/mol. The number of aryl methyl sites for hydroxylation is 3. The van der Waals surface area contributed by atoms with Gasteiger partial charge in [-0.25, -0.2) is 9.78 Å². The lowest BCUT2D eigenvalue weighted by molar-refractivity contribution is 0.144. The maximum Gasteiger partial charge on any atom is 0.405 e. The van der Waals surface area contributed by atoms with E-state index >= 15 is 0 Å². The van der Waals surface area contributed by atoms with Crippen molar-refractivity contribution in [2.75, 3.05) is 0 Å². The standard InChI is InChI=1S/C28H26N4O2/c1-17-29-24-13-12-23-22(26(24)30-17)16-21(18-6-3-2-4-7-18)25(31-23)19-8-10-20(11-9-19)28(14-5-15-28)32-27(33)34/h2-4,6-11,16,32H,5,12-15H2,1H3,(H,29,30)(H,33,34). The molecule has 4 aromatic rings. The van der Waals surface area contributed by atoms with Gasteiger partial charge in [0.15, 0.2) is 0 Å². The van der Waals surface area contributed by atoms with Crippen LogP contribution >= 0.6 is 0 Å². The Hall–Kier alpha value is -3.93. The Bertz CT molecular complexity index is 1390. The van der Waals surface area contributed by atoms with Gasteiger partial charge in [-0.2, -0.15) is 0 Å². The highest BCUT2D eigenvalue weighted by molar-refractivity contribution is 5.85. The molecule has 6 nitrogen and oxygen atoms in total. The molecule has 1 fully saturated rings. The van der Waals surface area contributed by atoms with Crippen molar-refractivity contribution >= 4 is 6.09 Å². The van der Waals surface area contributed by atoms with Crippen molar-refractivity contribution < 1.29 is 9.90 Å².